The number of pyridine rings is 2. The SMILES string of the molecule is COCCNc1ncc(-c2ccc(-c3cccnc3)cc2)cc1C(=O)NO. The summed E-state index contributed by atoms with van der Waals surface area (Å²) in [7, 11) is 1.59. The molecule has 0 aliphatic rings. The van der Waals surface area contributed by atoms with Crippen LogP contribution in [0.5, 0.6) is 0 Å². The lowest BCUT2D eigenvalue weighted by atomic mass is 10.0. The summed E-state index contributed by atoms with van der Waals surface area (Å²) in [5, 5.41) is 12.0. The Morgan fingerprint density at radius 3 is 2.44 bits per heavy atom. The highest BCUT2D eigenvalue weighted by Gasteiger charge is 2.14. The van der Waals surface area contributed by atoms with Gasteiger partial charge in [-0.25, -0.2) is 10.5 Å². The second-order valence-corrected chi connectivity index (χ2v) is 5.80. The fourth-order valence-corrected chi connectivity index (χ4v) is 2.66. The lowest BCUT2D eigenvalue weighted by Crippen LogP contribution is -2.22. The average molecular weight is 364 g/mol. The third-order valence-corrected chi connectivity index (χ3v) is 4.05. The number of ether oxygens (including phenoxy) is 1. The molecule has 0 spiro atoms. The zero-order chi connectivity index (χ0) is 19.1. The van der Waals surface area contributed by atoms with Crippen molar-refractivity contribution in [2.75, 3.05) is 25.6 Å². The van der Waals surface area contributed by atoms with Gasteiger partial charge in [-0.3, -0.25) is 15.0 Å². The van der Waals surface area contributed by atoms with E-state index in [1.165, 1.54) is 0 Å². The van der Waals surface area contributed by atoms with Crippen molar-refractivity contribution in [3.05, 3.63) is 66.6 Å². The van der Waals surface area contributed by atoms with Gasteiger partial charge in [0.1, 0.15) is 5.82 Å². The molecule has 0 bridgehead atoms. The van der Waals surface area contributed by atoms with Crippen molar-refractivity contribution in [3.63, 3.8) is 0 Å². The van der Waals surface area contributed by atoms with Gasteiger partial charge in [0.25, 0.3) is 5.91 Å². The number of benzene rings is 1. The number of rotatable bonds is 7. The summed E-state index contributed by atoms with van der Waals surface area (Å²) in [6.45, 7) is 0.966. The molecule has 2 heterocycles. The Labute approximate surface area is 157 Å². The second-order valence-electron chi connectivity index (χ2n) is 5.80. The molecule has 7 nitrogen and oxygen atoms in total. The highest BCUT2D eigenvalue weighted by atomic mass is 16.5. The Balaban J connectivity index is 1.88. The molecule has 0 saturated heterocycles. The van der Waals surface area contributed by atoms with Crippen LogP contribution >= 0.6 is 0 Å². The Kier molecular flexibility index (Phi) is 6.09. The van der Waals surface area contributed by atoms with E-state index < -0.39 is 5.91 Å². The molecule has 0 radical (unpaired) electrons. The molecule has 1 aromatic carbocycles. The fraction of sp³-hybridized carbons (Fsp3) is 0.150. The minimum Gasteiger partial charge on any atom is -0.383 e. The molecule has 1 amide bonds. The lowest BCUT2D eigenvalue weighted by molar-refractivity contribution is 0.0707. The van der Waals surface area contributed by atoms with Crippen LogP contribution in [0.25, 0.3) is 22.3 Å². The Morgan fingerprint density at radius 1 is 1.07 bits per heavy atom. The van der Waals surface area contributed by atoms with Crippen LogP contribution in [-0.4, -0.2) is 41.3 Å². The van der Waals surface area contributed by atoms with E-state index in [9.17, 15) is 4.79 Å². The molecule has 0 unspecified atom stereocenters. The van der Waals surface area contributed by atoms with Crippen molar-refractivity contribution in [2.24, 2.45) is 0 Å². The van der Waals surface area contributed by atoms with Crippen molar-refractivity contribution in [1.29, 1.82) is 0 Å². The van der Waals surface area contributed by atoms with Crippen LogP contribution in [0.1, 0.15) is 10.4 Å². The first kappa shape index (κ1) is 18.5. The first-order valence-corrected chi connectivity index (χ1v) is 8.41. The molecule has 0 fully saturated rings. The Hall–Kier alpha value is -3.29. The first-order valence-electron chi connectivity index (χ1n) is 8.41. The van der Waals surface area contributed by atoms with Crippen molar-refractivity contribution in [1.82, 2.24) is 15.4 Å². The molecule has 7 heteroatoms. The van der Waals surface area contributed by atoms with E-state index in [0.29, 0.717) is 19.0 Å². The molecule has 3 N–H and O–H groups in total. The number of hydrogen-bond acceptors (Lipinski definition) is 6. The van der Waals surface area contributed by atoms with E-state index in [4.69, 9.17) is 9.94 Å². The van der Waals surface area contributed by atoms with Gasteiger partial charge in [-0.2, -0.15) is 0 Å². The summed E-state index contributed by atoms with van der Waals surface area (Å²) < 4.78 is 4.99. The van der Waals surface area contributed by atoms with Gasteiger partial charge in [-0.05, 0) is 28.8 Å². The minimum absolute atomic E-state index is 0.252. The Bertz CT molecular complexity index is 899. The lowest BCUT2D eigenvalue weighted by Gasteiger charge is -2.12. The van der Waals surface area contributed by atoms with Crippen LogP contribution in [-0.2, 0) is 4.74 Å². The van der Waals surface area contributed by atoms with Crippen LogP contribution < -0.4 is 10.8 Å². The van der Waals surface area contributed by atoms with Crippen LogP contribution in [0.3, 0.4) is 0 Å². The third kappa shape index (κ3) is 4.46. The summed E-state index contributed by atoms with van der Waals surface area (Å²) >= 11 is 0. The van der Waals surface area contributed by atoms with E-state index in [1.54, 1.807) is 37.2 Å². The number of aromatic nitrogens is 2. The zero-order valence-corrected chi connectivity index (χ0v) is 14.8. The molecule has 2 aromatic heterocycles. The smallest absolute Gasteiger partial charge is 0.278 e. The molecule has 0 aliphatic heterocycles. The van der Waals surface area contributed by atoms with Gasteiger partial charge in [0.05, 0.1) is 12.2 Å². The van der Waals surface area contributed by atoms with Crippen LogP contribution in [0.2, 0.25) is 0 Å². The molecule has 0 atom stereocenters. The fourth-order valence-electron chi connectivity index (χ4n) is 2.66. The number of hydrogen-bond donors (Lipinski definition) is 3. The van der Waals surface area contributed by atoms with Crippen molar-refractivity contribution < 1.29 is 14.7 Å². The average Bonchev–Trinajstić information content (AvgIpc) is 2.74. The first-order chi connectivity index (χ1) is 13.2. The molecule has 27 heavy (non-hydrogen) atoms. The van der Waals surface area contributed by atoms with Gasteiger partial charge >= 0.3 is 0 Å². The predicted molar refractivity (Wildman–Crippen MR) is 103 cm³/mol. The number of nitrogens with zero attached hydrogens (tertiary/aromatic N) is 2. The van der Waals surface area contributed by atoms with E-state index in [-0.39, 0.29) is 5.56 Å². The molecule has 138 valence electrons. The quantitative estimate of drug-likeness (QED) is 0.339. The molecule has 0 aliphatic carbocycles. The predicted octanol–water partition coefficient (Wildman–Crippen LogP) is 2.99. The molecule has 3 aromatic rings. The summed E-state index contributed by atoms with van der Waals surface area (Å²) in [5.41, 5.74) is 5.67. The number of nitrogens with one attached hydrogen (secondary N) is 2. The van der Waals surface area contributed by atoms with Gasteiger partial charge < -0.3 is 10.1 Å². The maximum absolute atomic E-state index is 12.0. The van der Waals surface area contributed by atoms with Crippen LogP contribution in [0, 0.1) is 0 Å². The van der Waals surface area contributed by atoms with Crippen LogP contribution in [0.4, 0.5) is 5.82 Å². The highest BCUT2D eigenvalue weighted by molar-refractivity contribution is 5.99. The van der Waals surface area contributed by atoms with E-state index in [0.717, 1.165) is 22.3 Å². The van der Waals surface area contributed by atoms with Crippen LogP contribution in [0.15, 0.2) is 61.1 Å². The highest BCUT2D eigenvalue weighted by Crippen LogP contribution is 2.26. The van der Waals surface area contributed by atoms with Gasteiger partial charge in [-0.15, -0.1) is 0 Å². The zero-order valence-electron chi connectivity index (χ0n) is 14.8. The Morgan fingerprint density at radius 2 is 1.81 bits per heavy atom. The molecule has 0 saturated carbocycles. The third-order valence-electron chi connectivity index (χ3n) is 4.05. The minimum atomic E-state index is -0.628. The summed E-state index contributed by atoms with van der Waals surface area (Å²) in [6, 6.07) is 13.5. The molecular weight excluding hydrogens is 344 g/mol. The summed E-state index contributed by atoms with van der Waals surface area (Å²) in [5.74, 6) is -0.245. The van der Waals surface area contributed by atoms with Gasteiger partial charge in [0.15, 0.2) is 0 Å². The summed E-state index contributed by atoms with van der Waals surface area (Å²) in [4.78, 5) is 20.5. The van der Waals surface area contributed by atoms with E-state index >= 15 is 0 Å². The summed E-state index contributed by atoms with van der Waals surface area (Å²) in [6.07, 6.45) is 5.22. The number of carbonyl (C=O) groups is 1. The second kappa shape index (κ2) is 8.88. The maximum Gasteiger partial charge on any atom is 0.278 e. The number of anilines is 1. The van der Waals surface area contributed by atoms with Gasteiger partial charge in [0, 0.05) is 37.8 Å². The van der Waals surface area contributed by atoms with Crippen molar-refractivity contribution in [3.8, 4) is 22.3 Å². The van der Waals surface area contributed by atoms with E-state index in [1.807, 2.05) is 36.4 Å². The number of hydroxylamine groups is 1. The van der Waals surface area contributed by atoms with Crippen molar-refractivity contribution >= 4 is 11.7 Å². The topological polar surface area (TPSA) is 96.4 Å². The molecule has 3 rings (SSSR count). The van der Waals surface area contributed by atoms with Gasteiger partial charge in [0.2, 0.25) is 0 Å². The monoisotopic (exact) mass is 364 g/mol. The normalized spacial score (nSPS) is 10.4. The maximum atomic E-state index is 12.0. The largest absolute Gasteiger partial charge is 0.383 e. The number of amides is 1. The number of methoxy groups -OCH3 is 1. The number of carbonyl (C=O) groups excluding carboxylic acids is 1. The van der Waals surface area contributed by atoms with Gasteiger partial charge in [-0.1, -0.05) is 30.3 Å². The van der Waals surface area contributed by atoms with Crippen molar-refractivity contribution in [2.45, 2.75) is 0 Å². The van der Waals surface area contributed by atoms with E-state index in [2.05, 4.69) is 15.3 Å². The molecular formula is C20H20N4O3. The standard InChI is InChI=1S/C20H20N4O3/c1-27-10-9-22-19-18(20(25)24-26)11-17(13-23-19)15-6-4-14(5-7-15)16-3-2-8-21-12-16/h2-8,11-13,26H,9-10H2,1H3,(H,22,23)(H,24,25).